The highest BCUT2D eigenvalue weighted by Crippen LogP contribution is 2.34. The second-order valence-electron chi connectivity index (χ2n) is 10.6. The molecular weight excluding hydrogens is 446 g/mol. The van der Waals surface area contributed by atoms with E-state index in [1.165, 1.54) is 5.57 Å². The summed E-state index contributed by atoms with van der Waals surface area (Å²) in [4.78, 5) is 30.6. The number of cyclic esters (lactones) is 1. The Kier molecular flexibility index (Phi) is 10.5. The van der Waals surface area contributed by atoms with Crippen LogP contribution in [0.5, 0.6) is 0 Å². The predicted molar refractivity (Wildman–Crippen MR) is 135 cm³/mol. The number of aromatic nitrogens is 1. The first-order valence-electron chi connectivity index (χ1n) is 12.7. The number of nitrogens with zero attached hydrogens (tertiary/aromatic N) is 1. The van der Waals surface area contributed by atoms with Crippen molar-refractivity contribution in [1.82, 2.24) is 4.98 Å². The third-order valence-corrected chi connectivity index (χ3v) is 7.30. The van der Waals surface area contributed by atoms with E-state index < -0.39 is 35.6 Å². The van der Waals surface area contributed by atoms with Crippen LogP contribution in [0.15, 0.2) is 27.9 Å². The molecule has 0 spiro atoms. The van der Waals surface area contributed by atoms with Gasteiger partial charge in [0, 0.05) is 19.3 Å². The topological polar surface area (TPSA) is 110 Å². The quantitative estimate of drug-likeness (QED) is 0.444. The summed E-state index contributed by atoms with van der Waals surface area (Å²) in [5.41, 5.74) is 1.43. The second-order valence-corrected chi connectivity index (χ2v) is 10.6. The molecule has 0 saturated carbocycles. The number of carbonyl (C=O) groups excluding carboxylic acids is 2. The number of oxazole rings is 1. The van der Waals surface area contributed by atoms with Gasteiger partial charge in [-0.2, -0.15) is 0 Å². The fraction of sp³-hybridized carbons (Fsp3) is 0.679. The first kappa shape index (κ1) is 29.0. The van der Waals surface area contributed by atoms with Crippen molar-refractivity contribution < 1.29 is 29.0 Å². The van der Waals surface area contributed by atoms with Crippen molar-refractivity contribution in [2.45, 2.75) is 105 Å². The van der Waals surface area contributed by atoms with Crippen molar-refractivity contribution in [2.75, 3.05) is 0 Å². The van der Waals surface area contributed by atoms with Crippen molar-refractivity contribution in [2.24, 2.45) is 17.3 Å². The number of Topliss-reactive ketones (excluding diaryl/α,β-unsaturated/α-hetero) is 1. The predicted octanol–water partition coefficient (Wildman–Crippen LogP) is 5.19. The zero-order valence-corrected chi connectivity index (χ0v) is 22.3. The molecule has 0 radical (unpaired) electrons. The average Bonchev–Trinajstić information content (AvgIpc) is 3.20. The van der Waals surface area contributed by atoms with Gasteiger partial charge in [0.1, 0.15) is 23.8 Å². The lowest BCUT2D eigenvalue weighted by atomic mass is 9.71. The minimum absolute atomic E-state index is 0.0497. The van der Waals surface area contributed by atoms with E-state index in [-0.39, 0.29) is 18.1 Å². The normalized spacial score (nSPS) is 31.5. The highest BCUT2D eigenvalue weighted by Gasteiger charge is 2.43. The monoisotopic (exact) mass is 489 g/mol. The zero-order chi connectivity index (χ0) is 26.3. The lowest BCUT2D eigenvalue weighted by molar-refractivity contribution is -0.154. The molecule has 0 fully saturated rings. The van der Waals surface area contributed by atoms with E-state index >= 15 is 0 Å². The van der Waals surface area contributed by atoms with Gasteiger partial charge in [-0.15, -0.1) is 0 Å². The zero-order valence-electron chi connectivity index (χ0n) is 22.3. The van der Waals surface area contributed by atoms with Crippen molar-refractivity contribution in [3.63, 3.8) is 0 Å². The average molecular weight is 490 g/mol. The summed E-state index contributed by atoms with van der Waals surface area (Å²) in [6.45, 7) is 12.8. The van der Waals surface area contributed by atoms with E-state index in [2.05, 4.69) is 11.1 Å². The van der Waals surface area contributed by atoms with Crippen molar-refractivity contribution >= 4 is 17.8 Å². The molecule has 1 aliphatic rings. The van der Waals surface area contributed by atoms with Gasteiger partial charge >= 0.3 is 5.97 Å². The fourth-order valence-corrected chi connectivity index (χ4v) is 4.62. The number of hydrogen-bond donors (Lipinski definition) is 2. The summed E-state index contributed by atoms with van der Waals surface area (Å²) in [5.74, 6) is -0.899. The van der Waals surface area contributed by atoms with E-state index in [4.69, 9.17) is 9.15 Å². The maximum absolute atomic E-state index is 13.4. The fourth-order valence-electron chi connectivity index (χ4n) is 4.62. The van der Waals surface area contributed by atoms with Crippen molar-refractivity contribution in [3.05, 3.63) is 35.1 Å². The van der Waals surface area contributed by atoms with Crippen molar-refractivity contribution in [3.8, 4) is 0 Å². The Morgan fingerprint density at radius 2 is 1.94 bits per heavy atom. The van der Waals surface area contributed by atoms with E-state index in [0.29, 0.717) is 24.4 Å². The maximum atomic E-state index is 13.4. The number of esters is 1. The van der Waals surface area contributed by atoms with Crippen LogP contribution in [0.25, 0.3) is 6.08 Å². The first-order chi connectivity index (χ1) is 16.4. The first-order valence-corrected chi connectivity index (χ1v) is 12.7. The Morgan fingerprint density at radius 3 is 2.54 bits per heavy atom. The van der Waals surface area contributed by atoms with Crippen LogP contribution in [0.3, 0.4) is 0 Å². The molecule has 2 rings (SSSR count). The molecule has 196 valence electrons. The summed E-state index contributed by atoms with van der Waals surface area (Å²) in [6, 6.07) is 0. The van der Waals surface area contributed by atoms with Crippen LogP contribution in [-0.4, -0.2) is 45.3 Å². The van der Waals surface area contributed by atoms with Crippen LogP contribution in [0.4, 0.5) is 0 Å². The minimum Gasteiger partial charge on any atom is -0.457 e. The number of aliphatic hydroxyl groups excluding tert-OH is 2. The number of hydrogen-bond acceptors (Lipinski definition) is 7. The SMILES string of the molecule is CC[C@H]1C(=O)C(C)(C)[C@@H](O)CC(=O)O[C@H](/C(C)=C/c2coc(C)n2)C/C=C(/C)CCC[C@H](C)[C@@H]1O. The van der Waals surface area contributed by atoms with Gasteiger partial charge in [0.25, 0.3) is 0 Å². The Balaban J connectivity index is 2.35. The van der Waals surface area contributed by atoms with Gasteiger partial charge in [-0.1, -0.05) is 39.3 Å². The summed E-state index contributed by atoms with van der Waals surface area (Å²) in [7, 11) is 0. The Bertz CT molecular complexity index is 928. The van der Waals surface area contributed by atoms with Gasteiger partial charge in [0.05, 0.1) is 24.0 Å². The minimum atomic E-state index is -1.23. The number of ether oxygens (including phenoxy) is 1. The molecular formula is C28H43NO6. The molecule has 2 heterocycles. The highest BCUT2D eigenvalue weighted by atomic mass is 16.5. The molecule has 7 nitrogen and oxygen atoms in total. The number of rotatable bonds is 3. The van der Waals surface area contributed by atoms with E-state index in [0.717, 1.165) is 24.8 Å². The second kappa shape index (κ2) is 12.6. The smallest absolute Gasteiger partial charge is 0.309 e. The molecule has 0 unspecified atom stereocenters. The van der Waals surface area contributed by atoms with Gasteiger partial charge in [0.2, 0.25) is 0 Å². The molecule has 35 heavy (non-hydrogen) atoms. The number of allylic oxidation sites excluding steroid dienone is 1. The summed E-state index contributed by atoms with van der Waals surface area (Å²) >= 11 is 0. The summed E-state index contributed by atoms with van der Waals surface area (Å²) in [5, 5.41) is 21.9. The molecule has 7 heteroatoms. The van der Waals surface area contributed by atoms with Crippen LogP contribution < -0.4 is 0 Å². The molecule has 0 amide bonds. The molecule has 0 aromatic carbocycles. The number of aryl methyl sites for hydroxylation is 1. The van der Waals surface area contributed by atoms with Crippen molar-refractivity contribution in [1.29, 1.82) is 0 Å². The van der Waals surface area contributed by atoms with Crippen LogP contribution >= 0.6 is 0 Å². The summed E-state index contributed by atoms with van der Waals surface area (Å²) < 4.78 is 11.1. The van der Waals surface area contributed by atoms with E-state index in [9.17, 15) is 19.8 Å². The molecule has 0 aliphatic carbocycles. The van der Waals surface area contributed by atoms with Gasteiger partial charge in [-0.05, 0) is 57.1 Å². The Labute approximate surface area is 209 Å². The lowest BCUT2D eigenvalue weighted by Crippen LogP contribution is -2.46. The standard InChI is InChI=1S/C28H43NO6/c1-8-22-26(32)18(3)11-9-10-17(2)12-13-23(19(4)14-21-16-34-20(5)29-21)35-25(31)15-24(30)28(6,7)27(22)33/h12,14,16,18,22-24,26,30,32H,8-11,13,15H2,1-7H3/b17-12-,19-14+/t18-,22+,23-,24-,26-/m0/s1. The van der Waals surface area contributed by atoms with Gasteiger partial charge in [-0.3, -0.25) is 9.59 Å². The van der Waals surface area contributed by atoms with E-state index in [1.54, 1.807) is 27.0 Å². The largest absolute Gasteiger partial charge is 0.457 e. The Hall–Kier alpha value is -2.25. The van der Waals surface area contributed by atoms with E-state index in [1.807, 2.05) is 33.8 Å². The molecule has 1 aliphatic heterocycles. The molecule has 2 N–H and O–H groups in total. The maximum Gasteiger partial charge on any atom is 0.309 e. The summed E-state index contributed by atoms with van der Waals surface area (Å²) in [6.07, 6.45) is 6.09. The van der Waals surface area contributed by atoms with Crippen LogP contribution in [0, 0.1) is 24.2 Å². The van der Waals surface area contributed by atoms with Gasteiger partial charge in [0.15, 0.2) is 5.89 Å². The van der Waals surface area contributed by atoms with Crippen LogP contribution in [0.1, 0.15) is 91.7 Å². The number of ketones is 1. The molecule has 5 atom stereocenters. The van der Waals surface area contributed by atoms with Crippen LogP contribution in [-0.2, 0) is 14.3 Å². The third kappa shape index (κ3) is 7.87. The third-order valence-electron chi connectivity index (χ3n) is 7.30. The Morgan fingerprint density at radius 1 is 1.26 bits per heavy atom. The molecule has 0 saturated heterocycles. The van der Waals surface area contributed by atoms with Crippen LogP contribution in [0.2, 0.25) is 0 Å². The highest BCUT2D eigenvalue weighted by molar-refractivity contribution is 5.88. The molecule has 1 aromatic rings. The van der Waals surface area contributed by atoms with Gasteiger partial charge < -0.3 is 19.4 Å². The lowest BCUT2D eigenvalue weighted by Gasteiger charge is -2.35. The number of aliphatic hydroxyl groups is 2. The van der Waals surface area contributed by atoms with Gasteiger partial charge in [-0.25, -0.2) is 4.98 Å². The molecule has 1 aromatic heterocycles. The number of carbonyl (C=O) groups is 2. The molecule has 0 bridgehead atoms.